The van der Waals surface area contributed by atoms with Gasteiger partial charge in [0.05, 0.1) is 26.3 Å². The molecular formula is C20H21NO4. The minimum Gasteiger partial charge on any atom is -0.497 e. The quantitative estimate of drug-likeness (QED) is 0.737. The van der Waals surface area contributed by atoms with Crippen LogP contribution in [0.4, 0.5) is 0 Å². The summed E-state index contributed by atoms with van der Waals surface area (Å²) in [4.78, 5) is 16.3. The van der Waals surface area contributed by atoms with E-state index in [-0.39, 0.29) is 5.43 Å². The Morgan fingerprint density at radius 2 is 1.84 bits per heavy atom. The van der Waals surface area contributed by atoms with Crippen LogP contribution < -0.4 is 19.6 Å². The molecule has 0 unspecified atom stereocenters. The highest BCUT2D eigenvalue weighted by Gasteiger charge is 2.14. The molecule has 2 aromatic carbocycles. The fraction of sp³-hybridized carbons (Fsp3) is 0.250. The summed E-state index contributed by atoms with van der Waals surface area (Å²) < 4.78 is 16.4. The number of aromatic nitrogens is 1. The third-order valence-electron chi connectivity index (χ3n) is 4.03. The SMILES string of the molecule is CCCOc1cccc2c(=O)c(-c3cc(OC)ccc3OC)c[nH]c12. The molecule has 0 radical (unpaired) electrons. The van der Waals surface area contributed by atoms with E-state index in [0.29, 0.717) is 45.9 Å². The van der Waals surface area contributed by atoms with Crippen LogP contribution >= 0.6 is 0 Å². The summed E-state index contributed by atoms with van der Waals surface area (Å²) in [7, 11) is 3.17. The number of aromatic amines is 1. The monoisotopic (exact) mass is 339 g/mol. The van der Waals surface area contributed by atoms with Crippen LogP contribution in [0.3, 0.4) is 0 Å². The van der Waals surface area contributed by atoms with Gasteiger partial charge in [0, 0.05) is 22.7 Å². The molecule has 0 bridgehead atoms. The average Bonchev–Trinajstić information content (AvgIpc) is 2.66. The van der Waals surface area contributed by atoms with Crippen LogP contribution in [0.25, 0.3) is 22.0 Å². The zero-order valence-electron chi connectivity index (χ0n) is 14.6. The van der Waals surface area contributed by atoms with Crippen LogP contribution in [0.1, 0.15) is 13.3 Å². The Balaban J connectivity index is 2.19. The molecule has 25 heavy (non-hydrogen) atoms. The van der Waals surface area contributed by atoms with Crippen molar-refractivity contribution in [2.24, 2.45) is 0 Å². The van der Waals surface area contributed by atoms with Crippen molar-refractivity contribution in [3.8, 4) is 28.4 Å². The van der Waals surface area contributed by atoms with Crippen molar-refractivity contribution in [1.82, 2.24) is 4.98 Å². The van der Waals surface area contributed by atoms with Crippen molar-refractivity contribution in [2.75, 3.05) is 20.8 Å². The molecule has 0 aliphatic rings. The zero-order valence-corrected chi connectivity index (χ0v) is 14.6. The van der Waals surface area contributed by atoms with E-state index in [1.807, 2.05) is 19.1 Å². The van der Waals surface area contributed by atoms with Gasteiger partial charge in [0.25, 0.3) is 0 Å². The standard InChI is InChI=1S/C20H21NO4/c1-4-10-25-18-7-5-6-14-19(18)21-12-16(20(14)22)15-11-13(23-2)8-9-17(15)24-3/h5-9,11-12H,4,10H2,1-3H3,(H,21,22). The molecule has 5 nitrogen and oxygen atoms in total. The molecule has 0 aliphatic heterocycles. The van der Waals surface area contributed by atoms with Crippen molar-refractivity contribution < 1.29 is 14.2 Å². The van der Waals surface area contributed by atoms with Gasteiger partial charge in [-0.1, -0.05) is 13.0 Å². The number of ether oxygens (including phenoxy) is 3. The molecular weight excluding hydrogens is 318 g/mol. The Morgan fingerprint density at radius 3 is 2.56 bits per heavy atom. The second kappa shape index (κ2) is 7.30. The fourth-order valence-corrected chi connectivity index (χ4v) is 2.78. The van der Waals surface area contributed by atoms with E-state index >= 15 is 0 Å². The molecule has 130 valence electrons. The molecule has 0 saturated carbocycles. The maximum atomic E-state index is 13.1. The van der Waals surface area contributed by atoms with Crippen molar-refractivity contribution in [1.29, 1.82) is 0 Å². The lowest BCUT2D eigenvalue weighted by Gasteiger charge is -2.12. The molecule has 3 rings (SSSR count). The number of H-pyrrole nitrogens is 1. The number of benzene rings is 2. The fourth-order valence-electron chi connectivity index (χ4n) is 2.78. The molecule has 0 aliphatic carbocycles. The normalized spacial score (nSPS) is 10.7. The van der Waals surface area contributed by atoms with Gasteiger partial charge in [0.15, 0.2) is 5.43 Å². The Bertz CT molecular complexity index is 946. The summed E-state index contributed by atoms with van der Waals surface area (Å²) in [5.74, 6) is 1.96. The first-order valence-corrected chi connectivity index (χ1v) is 8.19. The first-order valence-electron chi connectivity index (χ1n) is 8.19. The van der Waals surface area contributed by atoms with E-state index in [1.54, 1.807) is 44.7 Å². The number of pyridine rings is 1. The van der Waals surface area contributed by atoms with Crippen LogP contribution in [0.2, 0.25) is 0 Å². The van der Waals surface area contributed by atoms with Crippen LogP contribution in [0.15, 0.2) is 47.4 Å². The van der Waals surface area contributed by atoms with Gasteiger partial charge in [-0.2, -0.15) is 0 Å². The van der Waals surface area contributed by atoms with Gasteiger partial charge in [-0.15, -0.1) is 0 Å². The van der Waals surface area contributed by atoms with Gasteiger partial charge in [0.1, 0.15) is 17.2 Å². The lowest BCUT2D eigenvalue weighted by Crippen LogP contribution is -2.08. The summed E-state index contributed by atoms with van der Waals surface area (Å²) >= 11 is 0. The highest BCUT2D eigenvalue weighted by molar-refractivity contribution is 5.88. The van der Waals surface area contributed by atoms with Gasteiger partial charge >= 0.3 is 0 Å². The van der Waals surface area contributed by atoms with Crippen LogP contribution in [0, 0.1) is 0 Å². The first kappa shape index (κ1) is 16.9. The summed E-state index contributed by atoms with van der Waals surface area (Å²) in [5.41, 5.74) is 1.83. The lowest BCUT2D eigenvalue weighted by molar-refractivity contribution is 0.320. The third kappa shape index (κ3) is 3.18. The van der Waals surface area contributed by atoms with Gasteiger partial charge in [-0.25, -0.2) is 0 Å². The molecule has 0 amide bonds. The Kier molecular flexibility index (Phi) is 4.93. The van der Waals surface area contributed by atoms with Gasteiger partial charge < -0.3 is 19.2 Å². The number of para-hydroxylation sites is 1. The third-order valence-corrected chi connectivity index (χ3v) is 4.03. The van der Waals surface area contributed by atoms with E-state index in [9.17, 15) is 4.79 Å². The maximum absolute atomic E-state index is 13.1. The molecule has 0 saturated heterocycles. The predicted octanol–water partition coefficient (Wildman–Crippen LogP) is 4.00. The Morgan fingerprint density at radius 1 is 1.00 bits per heavy atom. The van der Waals surface area contributed by atoms with Crippen LogP contribution in [0.5, 0.6) is 17.2 Å². The number of methoxy groups -OCH3 is 2. The zero-order chi connectivity index (χ0) is 17.8. The maximum Gasteiger partial charge on any atom is 0.197 e. The smallest absolute Gasteiger partial charge is 0.197 e. The minimum absolute atomic E-state index is 0.0812. The highest BCUT2D eigenvalue weighted by Crippen LogP contribution is 2.33. The predicted molar refractivity (Wildman–Crippen MR) is 98.9 cm³/mol. The second-order valence-electron chi connectivity index (χ2n) is 5.62. The topological polar surface area (TPSA) is 60.6 Å². The Hall–Kier alpha value is -2.95. The molecule has 0 atom stereocenters. The van der Waals surface area contributed by atoms with E-state index in [2.05, 4.69) is 4.98 Å². The number of rotatable bonds is 6. The van der Waals surface area contributed by atoms with E-state index in [0.717, 1.165) is 6.42 Å². The molecule has 0 spiro atoms. The molecule has 3 aromatic rings. The molecule has 1 aromatic heterocycles. The second-order valence-corrected chi connectivity index (χ2v) is 5.62. The molecule has 1 N–H and O–H groups in total. The highest BCUT2D eigenvalue weighted by atomic mass is 16.5. The molecule has 1 heterocycles. The summed E-state index contributed by atoms with van der Waals surface area (Å²) in [6, 6.07) is 10.9. The summed E-state index contributed by atoms with van der Waals surface area (Å²) in [5, 5.41) is 0.580. The van der Waals surface area contributed by atoms with Crippen LogP contribution in [-0.2, 0) is 0 Å². The van der Waals surface area contributed by atoms with Crippen molar-refractivity contribution >= 4 is 10.9 Å². The number of nitrogens with one attached hydrogen (secondary N) is 1. The van der Waals surface area contributed by atoms with Crippen molar-refractivity contribution in [3.05, 3.63) is 52.8 Å². The summed E-state index contributed by atoms with van der Waals surface area (Å²) in [6.07, 6.45) is 2.60. The van der Waals surface area contributed by atoms with E-state index < -0.39 is 0 Å². The number of fused-ring (bicyclic) bond motifs is 1. The molecule has 0 fully saturated rings. The van der Waals surface area contributed by atoms with Gasteiger partial charge in [-0.3, -0.25) is 4.79 Å². The lowest BCUT2D eigenvalue weighted by atomic mass is 10.0. The average molecular weight is 339 g/mol. The van der Waals surface area contributed by atoms with E-state index in [1.165, 1.54) is 0 Å². The van der Waals surface area contributed by atoms with E-state index in [4.69, 9.17) is 14.2 Å². The number of hydrogen-bond donors (Lipinski definition) is 1. The summed E-state index contributed by atoms with van der Waals surface area (Å²) in [6.45, 7) is 2.65. The van der Waals surface area contributed by atoms with Gasteiger partial charge in [0.2, 0.25) is 0 Å². The Labute approximate surface area is 146 Å². The van der Waals surface area contributed by atoms with Gasteiger partial charge in [-0.05, 0) is 36.8 Å². The molecule has 5 heteroatoms. The number of hydrogen-bond acceptors (Lipinski definition) is 4. The van der Waals surface area contributed by atoms with Crippen LogP contribution in [-0.4, -0.2) is 25.8 Å². The van der Waals surface area contributed by atoms with Crippen molar-refractivity contribution in [2.45, 2.75) is 13.3 Å². The minimum atomic E-state index is -0.0812. The first-order chi connectivity index (χ1) is 12.2. The largest absolute Gasteiger partial charge is 0.497 e. The van der Waals surface area contributed by atoms with Crippen molar-refractivity contribution in [3.63, 3.8) is 0 Å².